The standard InChI is InChI=1S/C36H38N6O7/c1-40-20-23(15-29(40)34(44)39-25-16-30(36(46)48-4)41(2)21-25)22-9-11-24(12-10-22)38-33(43)8-6-14-49-32-18-28-27(17-31(32)47-3)35(45)42-13-5-7-26(42)19-37-28/h9-12,15-21,26H,5-8,13-14H2,1-4H3,(H,38,43)(H,39,44)/t26-/m0/s1. The summed E-state index contributed by atoms with van der Waals surface area (Å²) in [6.07, 6.45) is 7.89. The van der Waals surface area contributed by atoms with Crippen LogP contribution in [0, 0.1) is 0 Å². The lowest BCUT2D eigenvalue weighted by Crippen LogP contribution is -2.35. The van der Waals surface area contributed by atoms with Crippen LogP contribution in [0.25, 0.3) is 11.1 Å². The van der Waals surface area contributed by atoms with Crippen molar-refractivity contribution in [3.63, 3.8) is 0 Å². The van der Waals surface area contributed by atoms with Gasteiger partial charge in [-0.25, -0.2) is 4.79 Å². The zero-order chi connectivity index (χ0) is 34.7. The third kappa shape index (κ3) is 7.05. The molecule has 0 radical (unpaired) electrons. The Labute approximate surface area is 283 Å². The maximum Gasteiger partial charge on any atom is 0.354 e. The molecule has 3 amide bonds. The number of esters is 1. The first-order valence-electron chi connectivity index (χ1n) is 16.0. The number of anilines is 2. The van der Waals surface area contributed by atoms with Crippen molar-refractivity contribution in [3.05, 3.63) is 77.9 Å². The molecule has 2 aliphatic rings. The highest BCUT2D eigenvalue weighted by atomic mass is 16.5. The number of aromatic nitrogens is 2. The van der Waals surface area contributed by atoms with Crippen LogP contribution in [-0.2, 0) is 23.6 Å². The summed E-state index contributed by atoms with van der Waals surface area (Å²) in [5.74, 6) is -0.114. The van der Waals surface area contributed by atoms with Crippen molar-refractivity contribution in [1.82, 2.24) is 14.0 Å². The van der Waals surface area contributed by atoms with Crippen molar-refractivity contribution in [2.75, 3.05) is 38.0 Å². The SMILES string of the molecule is COC(=O)c1cc(NC(=O)c2cc(-c3ccc(NC(=O)CCCOc4cc5c(cc4OC)C(=O)N4CCC[C@H]4C=N5)cc3)cn2C)cn1C. The van der Waals surface area contributed by atoms with E-state index in [2.05, 4.69) is 15.6 Å². The lowest BCUT2D eigenvalue weighted by molar-refractivity contribution is -0.116. The molecule has 4 heterocycles. The summed E-state index contributed by atoms with van der Waals surface area (Å²) in [4.78, 5) is 57.1. The number of fused-ring (bicyclic) bond motifs is 2. The molecule has 2 N–H and O–H groups in total. The van der Waals surface area contributed by atoms with E-state index in [0.717, 1.165) is 24.0 Å². The molecule has 6 rings (SSSR count). The first kappa shape index (κ1) is 33.1. The minimum atomic E-state index is -0.494. The second-order valence-corrected chi connectivity index (χ2v) is 12.0. The Hall–Kier alpha value is -5.85. The number of hydrogen-bond donors (Lipinski definition) is 2. The second-order valence-electron chi connectivity index (χ2n) is 12.0. The summed E-state index contributed by atoms with van der Waals surface area (Å²) in [6, 6.07) is 14.1. The average Bonchev–Trinajstić information content (AvgIpc) is 3.81. The number of carbonyl (C=O) groups is 4. The molecule has 0 bridgehead atoms. The summed E-state index contributed by atoms with van der Waals surface area (Å²) < 4.78 is 19.5. The predicted octanol–water partition coefficient (Wildman–Crippen LogP) is 5.20. The third-order valence-corrected chi connectivity index (χ3v) is 8.66. The van der Waals surface area contributed by atoms with Gasteiger partial charge in [-0.05, 0) is 55.2 Å². The summed E-state index contributed by atoms with van der Waals surface area (Å²) in [7, 11) is 6.31. The summed E-state index contributed by atoms with van der Waals surface area (Å²) in [5.41, 5.74) is 4.62. The van der Waals surface area contributed by atoms with Crippen LogP contribution in [0.5, 0.6) is 11.5 Å². The molecule has 13 nitrogen and oxygen atoms in total. The highest BCUT2D eigenvalue weighted by Crippen LogP contribution is 2.38. The molecule has 2 aliphatic heterocycles. The van der Waals surface area contributed by atoms with Crippen LogP contribution in [0.15, 0.2) is 65.9 Å². The number of rotatable bonds is 11. The number of nitrogens with zero attached hydrogens (tertiary/aromatic N) is 4. The average molecular weight is 667 g/mol. The van der Waals surface area contributed by atoms with Gasteiger partial charge in [0, 0.05) is 63.0 Å². The van der Waals surface area contributed by atoms with E-state index >= 15 is 0 Å². The number of aliphatic imine (C=N–C) groups is 1. The summed E-state index contributed by atoms with van der Waals surface area (Å²) in [5, 5.41) is 5.73. The van der Waals surface area contributed by atoms with Gasteiger partial charge >= 0.3 is 5.97 Å². The van der Waals surface area contributed by atoms with Crippen molar-refractivity contribution in [2.24, 2.45) is 19.1 Å². The van der Waals surface area contributed by atoms with Gasteiger partial charge in [-0.15, -0.1) is 0 Å². The molecular formula is C36H38N6O7. The number of aryl methyl sites for hydroxylation is 2. The van der Waals surface area contributed by atoms with Crippen molar-refractivity contribution >= 4 is 47.0 Å². The van der Waals surface area contributed by atoms with Gasteiger partial charge in [-0.2, -0.15) is 0 Å². The van der Waals surface area contributed by atoms with E-state index in [0.29, 0.717) is 58.5 Å². The third-order valence-electron chi connectivity index (χ3n) is 8.66. The smallest absolute Gasteiger partial charge is 0.354 e. The van der Waals surface area contributed by atoms with Crippen LogP contribution < -0.4 is 20.1 Å². The van der Waals surface area contributed by atoms with Gasteiger partial charge in [0.25, 0.3) is 11.8 Å². The van der Waals surface area contributed by atoms with Gasteiger partial charge in [0.15, 0.2) is 11.5 Å². The molecule has 0 unspecified atom stereocenters. The number of methoxy groups -OCH3 is 2. The lowest BCUT2D eigenvalue weighted by atomic mass is 10.1. The Morgan fingerprint density at radius 2 is 1.67 bits per heavy atom. The van der Waals surface area contributed by atoms with Crippen LogP contribution in [0.4, 0.5) is 17.1 Å². The molecule has 0 saturated carbocycles. The molecule has 0 aliphatic carbocycles. The van der Waals surface area contributed by atoms with Crippen LogP contribution in [0.2, 0.25) is 0 Å². The van der Waals surface area contributed by atoms with Crippen molar-refractivity contribution in [3.8, 4) is 22.6 Å². The van der Waals surface area contributed by atoms with E-state index in [4.69, 9.17) is 14.2 Å². The minimum absolute atomic E-state index is 0.0149. The van der Waals surface area contributed by atoms with Crippen LogP contribution in [0.1, 0.15) is 57.0 Å². The Morgan fingerprint density at radius 3 is 2.43 bits per heavy atom. The largest absolute Gasteiger partial charge is 0.493 e. The van der Waals surface area contributed by atoms with Crippen molar-refractivity contribution in [1.29, 1.82) is 0 Å². The number of nitrogens with one attached hydrogen (secondary N) is 2. The fraction of sp³-hybridized carbons (Fsp3) is 0.306. The number of carbonyl (C=O) groups excluding carboxylic acids is 4. The normalized spacial score (nSPS) is 14.9. The maximum atomic E-state index is 13.1. The predicted molar refractivity (Wildman–Crippen MR) is 184 cm³/mol. The van der Waals surface area contributed by atoms with E-state index < -0.39 is 5.97 Å². The van der Waals surface area contributed by atoms with E-state index in [-0.39, 0.29) is 36.8 Å². The number of amides is 3. The van der Waals surface area contributed by atoms with Gasteiger partial charge < -0.3 is 38.9 Å². The zero-order valence-electron chi connectivity index (χ0n) is 27.8. The molecule has 0 spiro atoms. The van der Waals surface area contributed by atoms with Gasteiger partial charge in [0.1, 0.15) is 11.4 Å². The van der Waals surface area contributed by atoms with E-state index in [1.54, 1.807) is 53.7 Å². The van der Waals surface area contributed by atoms with Gasteiger partial charge in [0.2, 0.25) is 5.91 Å². The minimum Gasteiger partial charge on any atom is -0.493 e. The first-order chi connectivity index (χ1) is 23.6. The maximum absolute atomic E-state index is 13.1. The Bertz CT molecular complexity index is 1940. The monoisotopic (exact) mass is 666 g/mol. The molecule has 4 aromatic rings. The zero-order valence-corrected chi connectivity index (χ0v) is 27.8. The first-order valence-corrected chi connectivity index (χ1v) is 16.0. The second kappa shape index (κ2) is 14.1. The molecule has 1 fully saturated rings. The molecule has 49 heavy (non-hydrogen) atoms. The van der Waals surface area contributed by atoms with E-state index in [1.165, 1.54) is 14.2 Å². The van der Waals surface area contributed by atoms with E-state index in [9.17, 15) is 19.2 Å². The van der Waals surface area contributed by atoms with Gasteiger partial charge in [-0.1, -0.05) is 12.1 Å². The van der Waals surface area contributed by atoms with Crippen molar-refractivity contribution < 1.29 is 33.4 Å². The topological polar surface area (TPSA) is 145 Å². The molecule has 1 atom stereocenters. The molecule has 1 saturated heterocycles. The lowest BCUT2D eigenvalue weighted by Gasteiger charge is -2.20. The Kier molecular flexibility index (Phi) is 9.51. The molecule has 13 heteroatoms. The molecule has 2 aromatic heterocycles. The molecule has 254 valence electrons. The van der Waals surface area contributed by atoms with Crippen molar-refractivity contribution in [2.45, 2.75) is 31.7 Å². The molecule has 2 aromatic carbocycles. The van der Waals surface area contributed by atoms with Crippen LogP contribution in [0.3, 0.4) is 0 Å². The Morgan fingerprint density at radius 1 is 0.898 bits per heavy atom. The van der Waals surface area contributed by atoms with Gasteiger partial charge in [-0.3, -0.25) is 19.4 Å². The highest BCUT2D eigenvalue weighted by molar-refractivity contribution is 6.05. The van der Waals surface area contributed by atoms with E-state index in [1.807, 2.05) is 41.6 Å². The van der Waals surface area contributed by atoms with Gasteiger partial charge in [0.05, 0.1) is 43.8 Å². The fourth-order valence-electron chi connectivity index (χ4n) is 6.09. The van der Waals surface area contributed by atoms with Crippen LogP contribution >= 0.6 is 0 Å². The fourth-order valence-corrected chi connectivity index (χ4v) is 6.09. The summed E-state index contributed by atoms with van der Waals surface area (Å²) in [6.45, 7) is 0.989. The highest BCUT2D eigenvalue weighted by Gasteiger charge is 2.32. The Balaban J connectivity index is 1.01. The molecular weight excluding hydrogens is 628 g/mol. The number of benzene rings is 2. The quantitative estimate of drug-likeness (QED) is 0.165. The number of hydrogen-bond acceptors (Lipinski definition) is 8. The summed E-state index contributed by atoms with van der Waals surface area (Å²) >= 11 is 0. The van der Waals surface area contributed by atoms with Crippen LogP contribution in [-0.4, -0.2) is 77.4 Å². The number of ether oxygens (including phenoxy) is 3.